The number of halogens is 2. The largest absolute Gasteiger partial charge is 0.435 e. The van der Waals surface area contributed by atoms with E-state index in [1.165, 1.54) is 12.1 Å². The first-order valence-electron chi connectivity index (χ1n) is 11.1. The number of rotatable bonds is 9. The van der Waals surface area contributed by atoms with Crippen LogP contribution in [0.3, 0.4) is 0 Å². The number of anilines is 2. The minimum Gasteiger partial charge on any atom is -0.435 e. The normalized spacial score (nSPS) is 12.1. The van der Waals surface area contributed by atoms with Crippen molar-refractivity contribution in [1.82, 2.24) is 24.8 Å². The molecular weight excluding hydrogens is 468 g/mol. The van der Waals surface area contributed by atoms with Crippen molar-refractivity contribution < 1.29 is 18.6 Å². The number of ether oxygens (including phenoxy) is 1. The summed E-state index contributed by atoms with van der Waals surface area (Å²) in [7, 11) is 1.95. The molecule has 0 aliphatic heterocycles. The van der Waals surface area contributed by atoms with Crippen LogP contribution in [-0.2, 0) is 6.54 Å². The monoisotopic (exact) mass is 491 g/mol. The second kappa shape index (κ2) is 10.0. The summed E-state index contributed by atoms with van der Waals surface area (Å²) >= 11 is 0. The zero-order valence-corrected chi connectivity index (χ0v) is 19.2. The maximum atomic E-state index is 12.5. The van der Waals surface area contributed by atoms with Gasteiger partial charge in [0, 0.05) is 49.2 Å². The number of nitrogens with zero attached hydrogens (tertiary/aromatic N) is 5. The number of benzene rings is 2. The predicted octanol–water partition coefficient (Wildman–Crippen LogP) is 4.46. The highest BCUT2D eigenvalue weighted by Crippen LogP contribution is 2.27. The topological polar surface area (TPSA) is 104 Å². The lowest BCUT2D eigenvalue weighted by Crippen LogP contribution is -2.18. The zero-order chi connectivity index (χ0) is 25.1. The highest BCUT2D eigenvalue weighted by molar-refractivity contribution is 5.66. The molecule has 0 saturated carbocycles. The van der Waals surface area contributed by atoms with Gasteiger partial charge in [-0.25, -0.2) is 9.50 Å². The zero-order valence-electron chi connectivity index (χ0n) is 19.2. The number of hydrogen-bond donors (Lipinski definition) is 3. The predicted molar refractivity (Wildman–Crippen MR) is 131 cm³/mol. The van der Waals surface area contributed by atoms with E-state index in [4.69, 9.17) is 4.98 Å². The molecule has 0 spiro atoms. The van der Waals surface area contributed by atoms with Crippen LogP contribution < -0.4 is 15.0 Å². The minimum atomic E-state index is -2.94. The number of aliphatic hydroxyl groups is 1. The van der Waals surface area contributed by atoms with Crippen molar-refractivity contribution in [2.75, 3.05) is 17.3 Å². The fraction of sp³-hybridized carbons (Fsp3) is 0.160. The summed E-state index contributed by atoms with van der Waals surface area (Å²) in [5.74, 6) is 0.695. The fourth-order valence-electron chi connectivity index (χ4n) is 3.84. The molecule has 5 aromatic rings. The van der Waals surface area contributed by atoms with Gasteiger partial charge in [0.05, 0.1) is 11.9 Å². The molecule has 0 radical (unpaired) electrons. The second-order valence-electron chi connectivity index (χ2n) is 8.12. The average Bonchev–Trinajstić information content (AvgIpc) is 3.54. The number of hydrogen-bond acceptors (Lipinski definition) is 7. The summed E-state index contributed by atoms with van der Waals surface area (Å²) in [6.45, 7) is -2.29. The van der Waals surface area contributed by atoms with Crippen molar-refractivity contribution in [2.45, 2.75) is 19.4 Å². The van der Waals surface area contributed by atoms with Gasteiger partial charge in [0.25, 0.3) is 0 Å². The molecule has 184 valence electrons. The Morgan fingerprint density at radius 2 is 1.94 bits per heavy atom. The van der Waals surface area contributed by atoms with Crippen LogP contribution in [0.4, 0.5) is 20.3 Å². The van der Waals surface area contributed by atoms with Crippen LogP contribution >= 0.6 is 0 Å². The smallest absolute Gasteiger partial charge is 0.387 e. The van der Waals surface area contributed by atoms with Crippen LogP contribution in [-0.4, -0.2) is 43.6 Å². The van der Waals surface area contributed by atoms with Gasteiger partial charge < -0.3 is 20.1 Å². The standard InChI is InChI=1S/C25H23F2N7O2/c1-33(15-16-6-3-2-4-7-16)22-12-21(17-13-28-29-14-17)34-23(31-22)11-20(32-34)24(35)30-18-8-5-9-19(10-18)36-25(26)27/h2-14,24-25,30,35H,15H2,1H3,(H,28,29). The molecule has 1 atom stereocenters. The molecule has 2 aromatic carbocycles. The van der Waals surface area contributed by atoms with Crippen molar-refractivity contribution in [2.24, 2.45) is 0 Å². The molecule has 36 heavy (non-hydrogen) atoms. The molecule has 3 heterocycles. The molecule has 0 fully saturated rings. The number of fused-ring (bicyclic) bond motifs is 1. The van der Waals surface area contributed by atoms with Gasteiger partial charge in [-0.15, -0.1) is 0 Å². The Hall–Kier alpha value is -4.51. The van der Waals surface area contributed by atoms with Crippen molar-refractivity contribution in [3.63, 3.8) is 0 Å². The van der Waals surface area contributed by atoms with Crippen molar-refractivity contribution in [3.05, 3.63) is 90.4 Å². The quantitative estimate of drug-likeness (QED) is 0.262. The number of H-pyrrole nitrogens is 1. The molecule has 0 saturated heterocycles. The van der Waals surface area contributed by atoms with Gasteiger partial charge in [-0.3, -0.25) is 5.10 Å². The van der Waals surface area contributed by atoms with E-state index in [9.17, 15) is 13.9 Å². The molecular formula is C25H23F2N7O2. The summed E-state index contributed by atoms with van der Waals surface area (Å²) in [4.78, 5) is 6.77. The second-order valence-corrected chi connectivity index (χ2v) is 8.12. The Morgan fingerprint density at radius 1 is 1.11 bits per heavy atom. The molecule has 1 unspecified atom stereocenters. The summed E-state index contributed by atoms with van der Waals surface area (Å²) in [6, 6.07) is 19.6. The Balaban J connectivity index is 1.46. The average molecular weight is 492 g/mol. The van der Waals surface area contributed by atoms with Crippen LogP contribution in [0.5, 0.6) is 5.75 Å². The van der Waals surface area contributed by atoms with E-state index in [0.717, 1.165) is 16.8 Å². The van der Waals surface area contributed by atoms with Crippen LogP contribution in [0, 0.1) is 0 Å². The number of aliphatic hydroxyl groups excluding tert-OH is 1. The van der Waals surface area contributed by atoms with Gasteiger partial charge in [0.15, 0.2) is 11.9 Å². The number of aromatic amines is 1. The van der Waals surface area contributed by atoms with Gasteiger partial charge in [0.2, 0.25) is 0 Å². The summed E-state index contributed by atoms with van der Waals surface area (Å²) < 4.78 is 31.1. The van der Waals surface area contributed by atoms with Crippen LogP contribution in [0.25, 0.3) is 16.9 Å². The maximum Gasteiger partial charge on any atom is 0.387 e. The lowest BCUT2D eigenvalue weighted by Gasteiger charge is -2.19. The van der Waals surface area contributed by atoms with Gasteiger partial charge in [0.1, 0.15) is 17.3 Å². The van der Waals surface area contributed by atoms with E-state index >= 15 is 0 Å². The van der Waals surface area contributed by atoms with Gasteiger partial charge in [-0.2, -0.15) is 19.0 Å². The summed E-state index contributed by atoms with van der Waals surface area (Å²) in [5, 5.41) is 25.1. The number of aromatic nitrogens is 5. The fourth-order valence-corrected chi connectivity index (χ4v) is 3.84. The van der Waals surface area contributed by atoms with Gasteiger partial charge in [-0.1, -0.05) is 36.4 Å². The van der Waals surface area contributed by atoms with Crippen LogP contribution in [0.1, 0.15) is 17.5 Å². The summed E-state index contributed by atoms with van der Waals surface area (Å²) in [6.07, 6.45) is 2.21. The Labute approximate surface area is 205 Å². The Morgan fingerprint density at radius 3 is 2.69 bits per heavy atom. The lowest BCUT2D eigenvalue weighted by atomic mass is 10.2. The van der Waals surface area contributed by atoms with E-state index < -0.39 is 12.8 Å². The molecule has 0 aliphatic carbocycles. The molecule has 5 rings (SSSR count). The van der Waals surface area contributed by atoms with Crippen LogP contribution in [0.2, 0.25) is 0 Å². The SMILES string of the molecule is CN(Cc1ccccc1)c1cc(-c2cn[nH]c2)n2nc(C(O)Nc3cccc(OC(F)F)c3)cc2n1. The van der Waals surface area contributed by atoms with Gasteiger partial charge in [-0.05, 0) is 17.7 Å². The summed E-state index contributed by atoms with van der Waals surface area (Å²) in [5.41, 5.74) is 3.88. The number of nitrogens with one attached hydrogen (secondary N) is 2. The highest BCUT2D eigenvalue weighted by atomic mass is 19.3. The Kier molecular flexibility index (Phi) is 6.46. The maximum absolute atomic E-state index is 12.5. The third kappa shape index (κ3) is 5.10. The lowest BCUT2D eigenvalue weighted by molar-refractivity contribution is -0.0498. The van der Waals surface area contributed by atoms with Gasteiger partial charge >= 0.3 is 6.61 Å². The third-order valence-electron chi connectivity index (χ3n) is 5.52. The first-order valence-corrected chi connectivity index (χ1v) is 11.1. The molecule has 9 nitrogen and oxygen atoms in total. The first kappa shape index (κ1) is 23.2. The minimum absolute atomic E-state index is 0.0211. The Bertz CT molecular complexity index is 1440. The van der Waals surface area contributed by atoms with E-state index in [-0.39, 0.29) is 5.75 Å². The van der Waals surface area contributed by atoms with Crippen molar-refractivity contribution >= 4 is 17.2 Å². The number of alkyl halides is 2. The first-order chi connectivity index (χ1) is 17.5. The molecule has 0 amide bonds. The molecule has 0 bridgehead atoms. The van der Waals surface area contributed by atoms with Crippen LogP contribution in [0.15, 0.2) is 79.1 Å². The van der Waals surface area contributed by atoms with E-state index in [1.54, 1.807) is 35.1 Å². The molecule has 3 aromatic heterocycles. The molecule has 3 N–H and O–H groups in total. The van der Waals surface area contributed by atoms with E-state index in [1.807, 2.05) is 48.3 Å². The van der Waals surface area contributed by atoms with Crippen molar-refractivity contribution in [3.8, 4) is 17.0 Å². The third-order valence-corrected chi connectivity index (χ3v) is 5.52. The molecule has 0 aliphatic rings. The molecule has 11 heteroatoms. The van der Waals surface area contributed by atoms with Crippen molar-refractivity contribution in [1.29, 1.82) is 0 Å². The highest BCUT2D eigenvalue weighted by Gasteiger charge is 2.18. The van der Waals surface area contributed by atoms with E-state index in [0.29, 0.717) is 29.4 Å². The van der Waals surface area contributed by atoms with E-state index in [2.05, 4.69) is 25.3 Å².